The number of aliphatic carboxylic acids is 1. The Hall–Kier alpha value is -1.11. The van der Waals surface area contributed by atoms with Crippen molar-refractivity contribution in [2.75, 3.05) is 0 Å². The number of rotatable bonds is 2. The quantitative estimate of drug-likeness (QED) is 0.841. The van der Waals surface area contributed by atoms with Gasteiger partial charge < -0.3 is 5.11 Å². The van der Waals surface area contributed by atoms with Gasteiger partial charge in [0.1, 0.15) is 0 Å². The highest BCUT2D eigenvalue weighted by atomic mass is 32.1. The third-order valence-corrected chi connectivity index (χ3v) is 4.64. The van der Waals surface area contributed by atoms with Crippen LogP contribution in [-0.4, -0.2) is 16.1 Å². The Morgan fingerprint density at radius 3 is 2.58 bits per heavy atom. The van der Waals surface area contributed by atoms with Gasteiger partial charge in [0.25, 0.3) is 0 Å². The van der Waals surface area contributed by atoms with Gasteiger partial charge in [-0.25, -0.2) is 4.98 Å². The summed E-state index contributed by atoms with van der Waals surface area (Å²) in [7, 11) is 0. The van der Waals surface area contributed by atoms with Gasteiger partial charge >= 0.3 is 12.1 Å². The molecular weight excluding hydrogens is 279 g/mol. The number of hydrogen-bond donors (Lipinski definition) is 1. The fourth-order valence-electron chi connectivity index (χ4n) is 2.53. The number of aromatic nitrogens is 1. The predicted octanol–water partition coefficient (Wildman–Crippen LogP) is 3.91. The minimum absolute atomic E-state index is 0.339. The Bertz CT molecular complexity index is 458. The average molecular weight is 293 g/mol. The zero-order valence-electron chi connectivity index (χ0n) is 10.1. The highest BCUT2D eigenvalue weighted by molar-refractivity contribution is 7.11. The number of hydrogen-bond acceptors (Lipinski definition) is 3. The van der Waals surface area contributed by atoms with Crippen LogP contribution in [0, 0.1) is 5.92 Å². The summed E-state index contributed by atoms with van der Waals surface area (Å²) in [6.07, 6.45) is 0.499. The molecule has 0 saturated heterocycles. The molecule has 2 atom stereocenters. The minimum atomic E-state index is -4.45. The first-order valence-electron chi connectivity index (χ1n) is 6.15. The summed E-state index contributed by atoms with van der Waals surface area (Å²) in [5, 5.41) is 8.33. The van der Waals surface area contributed by atoms with Crippen molar-refractivity contribution in [1.82, 2.24) is 4.98 Å². The summed E-state index contributed by atoms with van der Waals surface area (Å²) < 4.78 is 37.6. The first-order valence-corrected chi connectivity index (χ1v) is 6.97. The molecule has 1 saturated carbocycles. The number of alkyl halides is 3. The molecule has 0 bridgehead atoms. The maximum Gasteiger partial charge on any atom is 0.443 e. The van der Waals surface area contributed by atoms with Gasteiger partial charge in [-0.05, 0) is 12.8 Å². The van der Waals surface area contributed by atoms with Crippen molar-refractivity contribution in [3.63, 3.8) is 0 Å². The third-order valence-electron chi connectivity index (χ3n) is 3.46. The lowest BCUT2D eigenvalue weighted by molar-refractivity contribution is -0.142. The monoisotopic (exact) mass is 293 g/mol. The van der Waals surface area contributed by atoms with Crippen LogP contribution in [0.4, 0.5) is 13.2 Å². The topological polar surface area (TPSA) is 50.2 Å². The van der Waals surface area contributed by atoms with E-state index in [4.69, 9.17) is 0 Å². The van der Waals surface area contributed by atoms with Crippen molar-refractivity contribution in [3.8, 4) is 0 Å². The normalized spacial score (nSPS) is 25.0. The standard InChI is InChI=1S/C12H14F3NO2S/c13-12(14,15)11-16-6-9(19-11)7-4-2-1-3-5-8(7)10(17)18/h6-8H,1-5H2,(H,17,18). The predicted molar refractivity (Wildman–Crippen MR) is 64.1 cm³/mol. The number of thiazole rings is 1. The van der Waals surface area contributed by atoms with Crippen molar-refractivity contribution in [1.29, 1.82) is 0 Å². The summed E-state index contributed by atoms with van der Waals surface area (Å²) in [6.45, 7) is 0. The smallest absolute Gasteiger partial charge is 0.443 e. The molecule has 1 aliphatic carbocycles. The summed E-state index contributed by atoms with van der Waals surface area (Å²) in [5.74, 6) is -1.86. The van der Waals surface area contributed by atoms with Gasteiger partial charge in [-0.1, -0.05) is 19.3 Å². The second-order valence-electron chi connectivity index (χ2n) is 4.75. The van der Waals surface area contributed by atoms with Crippen molar-refractivity contribution < 1.29 is 23.1 Å². The third kappa shape index (κ3) is 3.26. The van der Waals surface area contributed by atoms with Crippen LogP contribution in [-0.2, 0) is 11.0 Å². The molecule has 0 aromatic carbocycles. The summed E-state index contributed by atoms with van der Waals surface area (Å²) in [4.78, 5) is 15.1. The molecule has 2 rings (SSSR count). The lowest BCUT2D eigenvalue weighted by Gasteiger charge is -2.19. The lowest BCUT2D eigenvalue weighted by Crippen LogP contribution is -2.20. The van der Waals surface area contributed by atoms with E-state index in [9.17, 15) is 23.1 Å². The Morgan fingerprint density at radius 2 is 2.00 bits per heavy atom. The van der Waals surface area contributed by atoms with Crippen molar-refractivity contribution in [3.05, 3.63) is 16.1 Å². The number of carbonyl (C=O) groups is 1. The molecule has 1 heterocycles. The van der Waals surface area contributed by atoms with Crippen molar-refractivity contribution in [2.24, 2.45) is 5.92 Å². The molecule has 3 nitrogen and oxygen atoms in total. The zero-order valence-corrected chi connectivity index (χ0v) is 10.9. The molecule has 7 heteroatoms. The van der Waals surface area contributed by atoms with Crippen LogP contribution in [0.25, 0.3) is 0 Å². The first kappa shape index (κ1) is 14.3. The van der Waals surface area contributed by atoms with Crippen LogP contribution in [0.1, 0.15) is 47.9 Å². The Morgan fingerprint density at radius 1 is 1.32 bits per heavy atom. The molecule has 0 radical (unpaired) electrons. The highest BCUT2D eigenvalue weighted by Gasteiger charge is 2.37. The van der Waals surface area contributed by atoms with Gasteiger partial charge in [0.2, 0.25) is 0 Å². The molecule has 1 aromatic rings. The van der Waals surface area contributed by atoms with E-state index in [2.05, 4.69) is 4.98 Å². The first-order chi connectivity index (χ1) is 8.89. The SMILES string of the molecule is O=C(O)C1CCCCCC1c1cnc(C(F)(F)F)s1. The molecule has 1 aromatic heterocycles. The molecule has 2 unspecified atom stereocenters. The number of nitrogens with zero attached hydrogens (tertiary/aromatic N) is 1. The van der Waals surface area contributed by atoms with Gasteiger partial charge in [0.15, 0.2) is 5.01 Å². The van der Waals surface area contributed by atoms with Crippen LogP contribution in [0.3, 0.4) is 0 Å². The van der Waals surface area contributed by atoms with E-state index in [1.54, 1.807) is 0 Å². The van der Waals surface area contributed by atoms with E-state index in [0.717, 1.165) is 19.3 Å². The minimum Gasteiger partial charge on any atom is -0.481 e. The number of halogens is 3. The summed E-state index contributed by atoms with van der Waals surface area (Å²) >= 11 is 0.577. The van der Waals surface area contributed by atoms with Gasteiger partial charge in [-0.3, -0.25) is 4.79 Å². The molecule has 106 valence electrons. The maximum absolute atomic E-state index is 12.5. The van der Waals surface area contributed by atoms with Crippen LogP contribution in [0.2, 0.25) is 0 Å². The Kier molecular flexibility index (Phi) is 4.13. The average Bonchev–Trinajstić information content (AvgIpc) is 2.67. The van der Waals surface area contributed by atoms with Gasteiger partial charge in [-0.15, -0.1) is 11.3 Å². The molecule has 0 aliphatic heterocycles. The number of carboxylic acids is 1. The van der Waals surface area contributed by atoms with Crippen molar-refractivity contribution in [2.45, 2.75) is 44.2 Å². The fourth-order valence-corrected chi connectivity index (χ4v) is 3.52. The maximum atomic E-state index is 12.5. The van der Waals surface area contributed by atoms with E-state index in [-0.39, 0.29) is 5.92 Å². The fraction of sp³-hybridized carbons (Fsp3) is 0.667. The van der Waals surface area contributed by atoms with E-state index >= 15 is 0 Å². The Balaban J connectivity index is 2.26. The largest absolute Gasteiger partial charge is 0.481 e. The van der Waals surface area contributed by atoms with Crippen LogP contribution >= 0.6 is 11.3 Å². The van der Waals surface area contributed by atoms with Crippen molar-refractivity contribution >= 4 is 17.3 Å². The second-order valence-corrected chi connectivity index (χ2v) is 5.82. The van der Waals surface area contributed by atoms with E-state index in [0.29, 0.717) is 29.1 Å². The van der Waals surface area contributed by atoms with Gasteiger partial charge in [0, 0.05) is 17.0 Å². The van der Waals surface area contributed by atoms with Crippen LogP contribution in [0.15, 0.2) is 6.20 Å². The van der Waals surface area contributed by atoms with E-state index < -0.39 is 23.1 Å². The number of carboxylic acid groups (broad SMARTS) is 1. The zero-order chi connectivity index (χ0) is 14.0. The van der Waals surface area contributed by atoms with Crippen LogP contribution in [0.5, 0.6) is 0 Å². The lowest BCUT2D eigenvalue weighted by atomic mass is 9.87. The molecule has 1 N–H and O–H groups in total. The summed E-state index contributed by atoms with van der Waals surface area (Å²) in [6, 6.07) is 0. The summed E-state index contributed by atoms with van der Waals surface area (Å²) in [5.41, 5.74) is 0. The van der Waals surface area contributed by atoms with E-state index in [1.165, 1.54) is 6.20 Å². The van der Waals surface area contributed by atoms with E-state index in [1.807, 2.05) is 0 Å². The molecular formula is C12H14F3NO2S. The molecule has 19 heavy (non-hydrogen) atoms. The molecule has 0 amide bonds. The van der Waals surface area contributed by atoms with Gasteiger partial charge in [-0.2, -0.15) is 13.2 Å². The van der Waals surface area contributed by atoms with Crippen LogP contribution < -0.4 is 0 Å². The molecule has 1 aliphatic rings. The second kappa shape index (κ2) is 5.48. The van der Waals surface area contributed by atoms with Gasteiger partial charge in [0.05, 0.1) is 5.92 Å². The molecule has 1 fully saturated rings. The molecule has 0 spiro atoms. The highest BCUT2D eigenvalue weighted by Crippen LogP contribution is 2.41. The Labute approximate surface area is 112 Å².